The number of carbonyl (C=O) groups is 1. The van der Waals surface area contributed by atoms with Crippen molar-refractivity contribution >= 4 is 40.2 Å². The number of hydrogen-bond acceptors (Lipinski definition) is 4. The van der Waals surface area contributed by atoms with Crippen LogP contribution in [0, 0.1) is 5.41 Å². The van der Waals surface area contributed by atoms with Gasteiger partial charge in [0, 0.05) is 68.5 Å². The maximum atomic E-state index is 13.4. The number of amides is 1. The van der Waals surface area contributed by atoms with E-state index in [0.29, 0.717) is 31.4 Å². The van der Waals surface area contributed by atoms with Crippen LogP contribution in [-0.2, 0) is 30.8 Å². The molecule has 3 aromatic carbocycles. The molecule has 1 N–H and O–H groups in total. The third kappa shape index (κ3) is 6.98. The van der Waals surface area contributed by atoms with Crippen LogP contribution < -0.4 is 10.1 Å². The van der Waals surface area contributed by atoms with E-state index in [4.69, 9.17) is 21.3 Å². The fourth-order valence-electron chi connectivity index (χ4n) is 6.21. The van der Waals surface area contributed by atoms with E-state index in [1.165, 1.54) is 32.6 Å². The summed E-state index contributed by atoms with van der Waals surface area (Å²) in [5.41, 5.74) is 7.34. The minimum Gasteiger partial charge on any atom is -0.487 e. The molecule has 1 aliphatic heterocycles. The van der Waals surface area contributed by atoms with Gasteiger partial charge in [0.05, 0.1) is 11.2 Å². The highest BCUT2D eigenvalue weighted by Gasteiger charge is 2.34. The maximum absolute atomic E-state index is 13.4. The molecule has 0 aliphatic carbocycles. The SMILES string of the molecule is CCCCNC(=O)C(C)(C)Cc1c2c3c(c(OCc4ccc(-c5ccccc5)cn4)ccc3n1Cc1ccc(Cl)cc1)CC(C)S2. The van der Waals surface area contributed by atoms with Gasteiger partial charge < -0.3 is 14.6 Å². The van der Waals surface area contributed by atoms with Crippen LogP contribution in [0.15, 0.2) is 90.0 Å². The number of aromatic nitrogens is 2. The van der Waals surface area contributed by atoms with Crippen molar-refractivity contribution in [2.24, 2.45) is 5.41 Å². The number of hydrogen-bond donors (Lipinski definition) is 1. The topological polar surface area (TPSA) is 56.1 Å². The van der Waals surface area contributed by atoms with E-state index in [1.807, 2.05) is 54.4 Å². The normalized spacial score (nSPS) is 14.4. The summed E-state index contributed by atoms with van der Waals surface area (Å²) in [5.74, 6) is 1.00. The van der Waals surface area contributed by atoms with E-state index in [-0.39, 0.29) is 5.91 Å². The smallest absolute Gasteiger partial charge is 0.226 e. The first-order valence-corrected chi connectivity index (χ1v) is 17.5. The first-order chi connectivity index (χ1) is 22.2. The van der Waals surface area contributed by atoms with Gasteiger partial charge in [0.2, 0.25) is 5.91 Å². The van der Waals surface area contributed by atoms with Gasteiger partial charge in [0.1, 0.15) is 12.4 Å². The molecule has 6 rings (SSSR count). The molecule has 1 amide bonds. The van der Waals surface area contributed by atoms with E-state index in [9.17, 15) is 4.79 Å². The first-order valence-electron chi connectivity index (χ1n) is 16.2. The van der Waals surface area contributed by atoms with E-state index < -0.39 is 5.41 Å². The predicted octanol–water partition coefficient (Wildman–Crippen LogP) is 9.51. The van der Waals surface area contributed by atoms with E-state index in [2.05, 4.69) is 80.0 Å². The lowest BCUT2D eigenvalue weighted by Gasteiger charge is -2.26. The quantitative estimate of drug-likeness (QED) is 0.137. The van der Waals surface area contributed by atoms with Crippen LogP contribution in [0.2, 0.25) is 5.02 Å². The monoisotopic (exact) mass is 651 g/mol. The largest absolute Gasteiger partial charge is 0.487 e. The number of rotatable bonds is 12. The average molecular weight is 652 g/mol. The minimum atomic E-state index is -0.575. The Labute approximate surface area is 281 Å². The molecule has 3 heterocycles. The van der Waals surface area contributed by atoms with Crippen molar-refractivity contribution in [1.82, 2.24) is 14.9 Å². The van der Waals surface area contributed by atoms with Crippen LogP contribution in [0.1, 0.15) is 63.1 Å². The molecule has 0 radical (unpaired) electrons. The lowest BCUT2D eigenvalue weighted by Crippen LogP contribution is -2.39. The second-order valence-electron chi connectivity index (χ2n) is 12.9. The molecule has 1 aliphatic rings. The lowest BCUT2D eigenvalue weighted by molar-refractivity contribution is -0.129. The van der Waals surface area contributed by atoms with Crippen LogP contribution >= 0.6 is 23.4 Å². The Hall–Kier alpha value is -3.74. The number of nitrogens with zero attached hydrogens (tertiary/aromatic N) is 2. The third-order valence-corrected chi connectivity index (χ3v) is 10.3. The van der Waals surface area contributed by atoms with Crippen LogP contribution in [-0.4, -0.2) is 27.3 Å². The molecular weight excluding hydrogens is 610 g/mol. The standard InChI is InChI=1S/C39H42ClN3O2S/c1-5-6-20-41-38(44)39(3,4)22-34-37-36-32(21-26(2)46-37)35(19-18-33(36)43(34)24-27-12-15-30(40)16-13-27)45-25-31-17-14-29(23-42-31)28-10-8-7-9-11-28/h7-19,23,26H,5-6,20-22,24-25H2,1-4H3,(H,41,44). The van der Waals surface area contributed by atoms with Gasteiger partial charge in [0.25, 0.3) is 0 Å². The van der Waals surface area contributed by atoms with E-state index >= 15 is 0 Å². The molecule has 0 fully saturated rings. The Morgan fingerprint density at radius 2 is 1.83 bits per heavy atom. The summed E-state index contributed by atoms with van der Waals surface area (Å²) >= 11 is 8.16. The van der Waals surface area contributed by atoms with Gasteiger partial charge >= 0.3 is 0 Å². The van der Waals surface area contributed by atoms with E-state index in [1.54, 1.807) is 0 Å². The Bertz CT molecular complexity index is 1820. The summed E-state index contributed by atoms with van der Waals surface area (Å²) in [6.45, 7) is 10.4. The van der Waals surface area contributed by atoms with Crippen molar-refractivity contribution in [2.45, 2.75) is 76.7 Å². The van der Waals surface area contributed by atoms with Gasteiger partial charge in [-0.05, 0) is 54.3 Å². The molecule has 238 valence electrons. The predicted molar refractivity (Wildman–Crippen MR) is 191 cm³/mol. The summed E-state index contributed by atoms with van der Waals surface area (Å²) in [5, 5.41) is 5.53. The van der Waals surface area contributed by atoms with Crippen LogP contribution in [0.4, 0.5) is 0 Å². The van der Waals surface area contributed by atoms with Gasteiger partial charge in [0.15, 0.2) is 0 Å². The molecule has 1 atom stereocenters. The number of halogens is 1. The molecule has 7 heteroatoms. The minimum absolute atomic E-state index is 0.0975. The number of unbranched alkanes of at least 4 members (excludes halogenated alkanes) is 1. The summed E-state index contributed by atoms with van der Waals surface area (Å²) in [6, 6.07) is 26.8. The zero-order valence-corrected chi connectivity index (χ0v) is 28.7. The van der Waals surface area contributed by atoms with Crippen molar-refractivity contribution in [3.8, 4) is 16.9 Å². The van der Waals surface area contributed by atoms with Crippen molar-refractivity contribution < 1.29 is 9.53 Å². The third-order valence-electron chi connectivity index (χ3n) is 8.77. The van der Waals surface area contributed by atoms with Crippen molar-refractivity contribution in [1.29, 1.82) is 0 Å². The summed E-state index contributed by atoms with van der Waals surface area (Å²) in [7, 11) is 0. The van der Waals surface area contributed by atoms with Gasteiger partial charge in [-0.25, -0.2) is 0 Å². The van der Waals surface area contributed by atoms with Gasteiger partial charge in [-0.15, -0.1) is 11.8 Å². The van der Waals surface area contributed by atoms with E-state index in [0.717, 1.165) is 46.9 Å². The fraction of sp³-hybridized carbons (Fsp3) is 0.333. The van der Waals surface area contributed by atoms with Crippen molar-refractivity contribution in [3.05, 3.63) is 113 Å². The van der Waals surface area contributed by atoms with Crippen molar-refractivity contribution in [3.63, 3.8) is 0 Å². The second-order valence-corrected chi connectivity index (χ2v) is 14.8. The highest BCUT2D eigenvalue weighted by atomic mass is 35.5. The molecule has 1 unspecified atom stereocenters. The zero-order valence-electron chi connectivity index (χ0n) is 27.1. The molecule has 0 bridgehead atoms. The summed E-state index contributed by atoms with van der Waals surface area (Å²) in [6.07, 6.45) is 5.50. The Morgan fingerprint density at radius 1 is 1.04 bits per heavy atom. The molecule has 46 heavy (non-hydrogen) atoms. The van der Waals surface area contributed by atoms with Crippen molar-refractivity contribution in [2.75, 3.05) is 6.54 Å². The Balaban J connectivity index is 1.35. The van der Waals surface area contributed by atoms with Crippen LogP contribution in [0.3, 0.4) is 0 Å². The number of carbonyl (C=O) groups excluding carboxylic acids is 1. The zero-order chi connectivity index (χ0) is 32.3. The molecule has 0 saturated heterocycles. The molecule has 5 aromatic rings. The summed E-state index contributed by atoms with van der Waals surface area (Å²) in [4.78, 5) is 19.4. The van der Waals surface area contributed by atoms with Gasteiger partial charge in [-0.3, -0.25) is 9.78 Å². The second kappa shape index (κ2) is 13.9. The Kier molecular flexibility index (Phi) is 9.76. The number of ether oxygens (including phenoxy) is 1. The van der Waals surface area contributed by atoms with Gasteiger partial charge in [-0.1, -0.05) is 94.2 Å². The molecule has 5 nitrogen and oxygen atoms in total. The van der Waals surface area contributed by atoms with Crippen LogP contribution in [0.5, 0.6) is 5.75 Å². The highest BCUT2D eigenvalue weighted by Crippen LogP contribution is 2.48. The summed E-state index contributed by atoms with van der Waals surface area (Å²) < 4.78 is 8.93. The number of nitrogens with one attached hydrogen (secondary N) is 1. The Morgan fingerprint density at radius 3 is 2.54 bits per heavy atom. The number of benzene rings is 3. The molecule has 0 saturated carbocycles. The first kappa shape index (κ1) is 32.2. The van der Waals surface area contributed by atoms with Crippen LogP contribution in [0.25, 0.3) is 22.0 Å². The molecular formula is C39H42ClN3O2S. The average Bonchev–Trinajstić information content (AvgIpc) is 3.33. The fourth-order valence-corrected chi connectivity index (χ4v) is 7.65. The lowest BCUT2D eigenvalue weighted by atomic mass is 9.86. The number of pyridine rings is 1. The highest BCUT2D eigenvalue weighted by molar-refractivity contribution is 8.00. The molecule has 2 aromatic heterocycles. The van der Waals surface area contributed by atoms with Gasteiger partial charge in [-0.2, -0.15) is 0 Å². The number of thioether (sulfide) groups is 1. The maximum Gasteiger partial charge on any atom is 0.226 e. The molecule has 0 spiro atoms.